The Morgan fingerprint density at radius 1 is 1.14 bits per heavy atom. The van der Waals surface area contributed by atoms with E-state index in [1.165, 1.54) is 12.0 Å². The predicted molar refractivity (Wildman–Crippen MR) is 220 cm³/mol. The number of thiazole rings is 1. The lowest BCUT2D eigenvalue weighted by Gasteiger charge is -2.38. The summed E-state index contributed by atoms with van der Waals surface area (Å²) in [6.45, 7) is 13.1. The zero-order chi connectivity index (χ0) is 42.3. The van der Waals surface area contributed by atoms with Crippen molar-refractivity contribution >= 4 is 46.7 Å². The molecule has 1 fully saturated rings. The number of rotatable bonds is 22. The van der Waals surface area contributed by atoms with Gasteiger partial charge in [0, 0.05) is 36.9 Å². The Bertz CT molecular complexity index is 1680. The summed E-state index contributed by atoms with van der Waals surface area (Å²) in [5.74, 6) is -0.627. The van der Waals surface area contributed by atoms with Crippen molar-refractivity contribution < 1.29 is 38.7 Å². The molecule has 1 aromatic carbocycles. The van der Waals surface area contributed by atoms with Crippen LogP contribution < -0.4 is 21.7 Å². The van der Waals surface area contributed by atoms with Gasteiger partial charge in [-0.05, 0) is 82.0 Å². The average Bonchev–Trinajstić information content (AvgIpc) is 3.67. The van der Waals surface area contributed by atoms with Gasteiger partial charge in [-0.2, -0.15) is 0 Å². The largest absolute Gasteiger partial charge is 0.481 e. The van der Waals surface area contributed by atoms with Gasteiger partial charge in [-0.1, -0.05) is 52.7 Å². The number of aliphatic carboxylic acids is 1. The molecule has 1 aliphatic rings. The third kappa shape index (κ3) is 14.4. The van der Waals surface area contributed by atoms with E-state index < -0.39 is 59.4 Å². The van der Waals surface area contributed by atoms with Crippen LogP contribution in [0.3, 0.4) is 0 Å². The van der Waals surface area contributed by atoms with Gasteiger partial charge in [0.25, 0.3) is 11.8 Å². The minimum atomic E-state index is -1.14. The Morgan fingerprint density at radius 3 is 2.42 bits per heavy atom. The van der Waals surface area contributed by atoms with E-state index in [0.717, 1.165) is 36.3 Å². The number of ether oxygens (including phenoxy) is 1. The monoisotopic (exact) mass is 810 g/mol. The van der Waals surface area contributed by atoms with Crippen molar-refractivity contribution in [2.24, 2.45) is 17.3 Å². The second-order valence-electron chi connectivity index (χ2n) is 15.9. The van der Waals surface area contributed by atoms with Gasteiger partial charge in [0.05, 0.1) is 24.1 Å². The molecule has 0 saturated carbocycles. The molecule has 0 spiro atoms. The second kappa shape index (κ2) is 22.4. The van der Waals surface area contributed by atoms with Crippen molar-refractivity contribution in [1.82, 2.24) is 26.0 Å². The molecule has 14 nitrogen and oxygen atoms in total. The van der Waals surface area contributed by atoms with E-state index >= 15 is 0 Å². The van der Waals surface area contributed by atoms with Crippen LogP contribution in [-0.2, 0) is 35.2 Å². The van der Waals surface area contributed by atoms with Crippen LogP contribution in [0.1, 0.15) is 127 Å². The van der Waals surface area contributed by atoms with E-state index in [2.05, 4.69) is 26.9 Å². The Labute approximate surface area is 341 Å². The first-order valence-corrected chi connectivity index (χ1v) is 20.8. The smallest absolute Gasteiger partial charge is 0.309 e. The number of terminal acetylenes is 1. The predicted octanol–water partition coefficient (Wildman–Crippen LogP) is 5.43. The van der Waals surface area contributed by atoms with Gasteiger partial charge in [-0.15, -0.1) is 23.7 Å². The molecule has 2 heterocycles. The number of aromatic nitrogens is 1. The number of carbonyl (C=O) groups excluding carboxylic acids is 4. The van der Waals surface area contributed by atoms with Gasteiger partial charge >= 0.3 is 11.9 Å². The van der Waals surface area contributed by atoms with Gasteiger partial charge in [0.2, 0.25) is 5.91 Å². The fraction of sp³-hybridized carbons (Fsp3) is 0.619. The molecule has 0 bridgehead atoms. The van der Waals surface area contributed by atoms with Crippen LogP contribution in [0.5, 0.6) is 0 Å². The van der Waals surface area contributed by atoms with Crippen molar-refractivity contribution in [3.8, 4) is 12.3 Å². The zero-order valence-corrected chi connectivity index (χ0v) is 35.3. The van der Waals surface area contributed by atoms with E-state index in [9.17, 15) is 29.1 Å². The highest BCUT2D eigenvalue weighted by Gasteiger charge is 2.39. The Kier molecular flexibility index (Phi) is 18.4. The van der Waals surface area contributed by atoms with E-state index in [1.54, 1.807) is 31.4 Å². The summed E-state index contributed by atoms with van der Waals surface area (Å²) in [6.07, 6.45) is 9.20. The maximum absolute atomic E-state index is 14.6. The molecule has 2 aromatic rings. The van der Waals surface area contributed by atoms with E-state index in [0.29, 0.717) is 42.8 Å². The quantitative estimate of drug-likeness (QED) is 0.0334. The lowest BCUT2D eigenvalue weighted by molar-refractivity contribution is -0.213. The molecule has 3 rings (SSSR count). The number of amides is 3. The maximum atomic E-state index is 14.6. The van der Waals surface area contributed by atoms with Crippen LogP contribution in [0.15, 0.2) is 29.6 Å². The van der Waals surface area contributed by atoms with Crippen molar-refractivity contribution in [2.75, 3.05) is 18.9 Å². The van der Waals surface area contributed by atoms with Gasteiger partial charge in [0.1, 0.15) is 16.7 Å². The normalized spacial score (nSPS) is 17.0. The molecule has 0 unspecified atom stereocenters. The fourth-order valence-electron chi connectivity index (χ4n) is 6.68. The number of carbonyl (C=O) groups is 5. The van der Waals surface area contributed by atoms with Gasteiger partial charge < -0.3 is 31.5 Å². The van der Waals surface area contributed by atoms with Crippen LogP contribution >= 0.6 is 11.3 Å². The number of piperidine rings is 1. The van der Waals surface area contributed by atoms with Crippen molar-refractivity contribution in [3.63, 3.8) is 0 Å². The summed E-state index contributed by atoms with van der Waals surface area (Å²) < 4.78 is 5.82. The standard InChI is InChI=1S/C42H62N6O8S/c1-9-11-14-21-55-48(40(52)36(27(5)10-2)47-37(50)32-15-12-13-20-44-32)34(26(3)4)23-35(56-28(6)49)39-46-33(25-57-39)38(51)45-31(24-42(7,8)41(53)54)22-29-16-18-30(43)19-17-29/h1,16-19,25-27,31-32,34-36,44H,10-15,20-24,43H2,2-8H3,(H,45,51)(H,47,50)(H,53,54)/t27-,31-,32+,34+,35+,36-/m0/s1. The minimum Gasteiger partial charge on any atom is -0.481 e. The first-order valence-electron chi connectivity index (χ1n) is 19.9. The summed E-state index contributed by atoms with van der Waals surface area (Å²) in [4.78, 5) is 77.2. The second-order valence-corrected chi connectivity index (χ2v) is 16.8. The Morgan fingerprint density at radius 2 is 1.84 bits per heavy atom. The van der Waals surface area contributed by atoms with Gasteiger partial charge in [0.15, 0.2) is 6.10 Å². The number of hydrogen-bond acceptors (Lipinski definition) is 11. The molecular formula is C42H62N6O8S. The lowest BCUT2D eigenvalue weighted by atomic mass is 9.84. The number of carboxylic acid groups (broad SMARTS) is 1. The minimum absolute atomic E-state index is 0.0676. The highest BCUT2D eigenvalue weighted by Crippen LogP contribution is 2.32. The van der Waals surface area contributed by atoms with E-state index in [-0.39, 0.29) is 42.9 Å². The molecule has 314 valence electrons. The molecule has 1 saturated heterocycles. The number of benzene rings is 1. The van der Waals surface area contributed by atoms with Crippen LogP contribution in [0.4, 0.5) is 5.69 Å². The number of esters is 1. The summed E-state index contributed by atoms with van der Waals surface area (Å²) in [6, 6.07) is 4.64. The van der Waals surface area contributed by atoms with Crippen LogP contribution in [0, 0.1) is 29.6 Å². The van der Waals surface area contributed by atoms with Gasteiger partial charge in [-0.3, -0.25) is 28.8 Å². The summed E-state index contributed by atoms with van der Waals surface area (Å²) in [5.41, 5.74) is 6.24. The summed E-state index contributed by atoms with van der Waals surface area (Å²) >= 11 is 1.13. The number of nitrogen functional groups attached to an aromatic ring is 1. The topological polar surface area (TPSA) is 202 Å². The fourth-order valence-corrected chi connectivity index (χ4v) is 7.52. The Balaban J connectivity index is 1.93. The number of nitrogens with one attached hydrogen (secondary N) is 3. The number of hydrogen-bond donors (Lipinski definition) is 5. The Hall–Kier alpha value is -4.52. The molecular weight excluding hydrogens is 749 g/mol. The van der Waals surface area contributed by atoms with Crippen molar-refractivity contribution in [3.05, 3.63) is 45.9 Å². The molecule has 57 heavy (non-hydrogen) atoms. The molecule has 15 heteroatoms. The van der Waals surface area contributed by atoms with E-state index in [1.807, 2.05) is 39.8 Å². The lowest BCUT2D eigenvalue weighted by Crippen LogP contribution is -2.58. The third-order valence-corrected chi connectivity index (χ3v) is 11.3. The number of carboxylic acids is 1. The molecule has 6 atom stereocenters. The summed E-state index contributed by atoms with van der Waals surface area (Å²) in [7, 11) is 0. The average molecular weight is 811 g/mol. The SMILES string of the molecule is C#CCCCON(C(=O)[C@@H](NC(=O)[C@H]1CCCCN1)[C@@H](C)CC)[C@H](C[C@@H](OC(C)=O)c1nc(C(=O)N[C@@H](Cc2ccc(N)cc2)CC(C)(C)C(=O)O)cs1)C(C)C. The van der Waals surface area contributed by atoms with Crippen LogP contribution in [0.25, 0.3) is 0 Å². The first kappa shape index (κ1) is 46.9. The molecule has 0 radical (unpaired) electrons. The number of unbranched alkanes of at least 4 members (excludes halogenated alkanes) is 1. The van der Waals surface area contributed by atoms with Crippen molar-refractivity contribution in [2.45, 2.75) is 137 Å². The molecule has 0 aliphatic carbocycles. The highest BCUT2D eigenvalue weighted by atomic mass is 32.1. The van der Waals surface area contributed by atoms with Crippen LogP contribution in [0.2, 0.25) is 0 Å². The highest BCUT2D eigenvalue weighted by molar-refractivity contribution is 7.09. The number of nitrogens with zero attached hydrogens (tertiary/aromatic N) is 2. The molecule has 1 aliphatic heterocycles. The number of nitrogens with two attached hydrogens (primary N) is 1. The molecule has 1 aromatic heterocycles. The maximum Gasteiger partial charge on any atom is 0.309 e. The summed E-state index contributed by atoms with van der Waals surface area (Å²) in [5, 5.41) is 22.3. The zero-order valence-electron chi connectivity index (χ0n) is 34.5. The van der Waals surface area contributed by atoms with Gasteiger partial charge in [-0.25, -0.2) is 10.0 Å². The molecule has 3 amide bonds. The molecule has 6 N–H and O–H groups in total. The first-order chi connectivity index (χ1) is 27.0. The van der Waals surface area contributed by atoms with E-state index in [4.69, 9.17) is 21.7 Å². The third-order valence-electron chi connectivity index (χ3n) is 10.3. The van der Waals surface area contributed by atoms with Crippen molar-refractivity contribution in [1.29, 1.82) is 0 Å². The number of anilines is 1. The van der Waals surface area contributed by atoms with Crippen LogP contribution in [-0.4, -0.2) is 82.1 Å². The number of hydroxylamine groups is 2.